The molecule has 0 saturated heterocycles. The van der Waals surface area contributed by atoms with Gasteiger partial charge >= 0.3 is 0 Å². The lowest BCUT2D eigenvalue weighted by Gasteiger charge is -2.01. The summed E-state index contributed by atoms with van der Waals surface area (Å²) >= 11 is 0. The van der Waals surface area contributed by atoms with Crippen LogP contribution in [0.2, 0.25) is 0 Å². The summed E-state index contributed by atoms with van der Waals surface area (Å²) in [6.45, 7) is 3.85. The molecule has 4 heteroatoms. The van der Waals surface area contributed by atoms with Gasteiger partial charge in [-0.2, -0.15) is 4.98 Å². The summed E-state index contributed by atoms with van der Waals surface area (Å²) in [5.74, 6) is 1.01. The van der Waals surface area contributed by atoms with Crippen LogP contribution in [0.3, 0.4) is 0 Å². The number of benzene rings is 2. The van der Waals surface area contributed by atoms with Crippen molar-refractivity contribution in [3.05, 3.63) is 53.6 Å². The van der Waals surface area contributed by atoms with Crippen LogP contribution in [0.25, 0.3) is 22.8 Å². The average Bonchev–Trinajstić information content (AvgIpc) is 2.92. The van der Waals surface area contributed by atoms with E-state index in [2.05, 4.69) is 10.1 Å². The molecular formula is C16H14N2O2. The van der Waals surface area contributed by atoms with Gasteiger partial charge in [0.25, 0.3) is 5.89 Å². The summed E-state index contributed by atoms with van der Waals surface area (Å²) < 4.78 is 5.25. The Morgan fingerprint density at radius 2 is 1.75 bits per heavy atom. The highest BCUT2D eigenvalue weighted by Gasteiger charge is 2.14. The number of aromatic nitrogens is 2. The topological polar surface area (TPSA) is 59.2 Å². The third-order valence-electron chi connectivity index (χ3n) is 3.20. The molecule has 0 spiro atoms. The van der Waals surface area contributed by atoms with E-state index < -0.39 is 0 Å². The Bertz CT molecular complexity index is 745. The number of hydrogen-bond donors (Lipinski definition) is 1. The molecule has 0 amide bonds. The van der Waals surface area contributed by atoms with Gasteiger partial charge in [-0.3, -0.25) is 0 Å². The maximum absolute atomic E-state index is 10.0. The zero-order valence-electron chi connectivity index (χ0n) is 11.3. The van der Waals surface area contributed by atoms with Crippen molar-refractivity contribution >= 4 is 0 Å². The van der Waals surface area contributed by atoms with Crippen LogP contribution >= 0.6 is 0 Å². The number of phenolic OH excluding ortho intramolecular Hbond substituents is 1. The number of para-hydroxylation sites is 1. The molecule has 0 saturated carbocycles. The molecule has 0 bridgehead atoms. The van der Waals surface area contributed by atoms with Gasteiger partial charge in [-0.05, 0) is 25.5 Å². The maximum atomic E-state index is 10.0. The smallest absolute Gasteiger partial charge is 0.262 e. The molecule has 2 aromatic carbocycles. The predicted molar refractivity (Wildman–Crippen MR) is 76.3 cm³/mol. The molecular weight excluding hydrogens is 252 g/mol. The van der Waals surface area contributed by atoms with Gasteiger partial charge in [0.05, 0.1) is 5.56 Å². The minimum absolute atomic E-state index is 0.173. The van der Waals surface area contributed by atoms with Crippen LogP contribution in [0.5, 0.6) is 5.75 Å². The van der Waals surface area contributed by atoms with Gasteiger partial charge in [0, 0.05) is 5.56 Å². The van der Waals surface area contributed by atoms with E-state index in [-0.39, 0.29) is 5.75 Å². The molecule has 100 valence electrons. The van der Waals surface area contributed by atoms with Crippen LogP contribution in [0.4, 0.5) is 0 Å². The van der Waals surface area contributed by atoms with E-state index in [9.17, 15) is 5.11 Å². The van der Waals surface area contributed by atoms with E-state index in [0.29, 0.717) is 17.3 Å². The second-order valence-electron chi connectivity index (χ2n) is 4.76. The number of phenols is 1. The molecule has 3 rings (SSSR count). The molecule has 3 aromatic rings. The van der Waals surface area contributed by atoms with Crippen molar-refractivity contribution < 1.29 is 9.63 Å². The van der Waals surface area contributed by atoms with Crippen LogP contribution < -0.4 is 0 Å². The molecule has 4 nitrogen and oxygen atoms in total. The van der Waals surface area contributed by atoms with Crippen LogP contribution in [0, 0.1) is 13.8 Å². The van der Waals surface area contributed by atoms with Gasteiger partial charge in [0.15, 0.2) is 0 Å². The first-order valence-corrected chi connectivity index (χ1v) is 6.35. The van der Waals surface area contributed by atoms with E-state index in [4.69, 9.17) is 4.52 Å². The van der Waals surface area contributed by atoms with Gasteiger partial charge in [-0.15, -0.1) is 0 Å². The fourth-order valence-electron chi connectivity index (χ4n) is 1.98. The van der Waals surface area contributed by atoms with Crippen molar-refractivity contribution in [3.8, 4) is 28.6 Å². The summed E-state index contributed by atoms with van der Waals surface area (Å²) in [5.41, 5.74) is 3.39. The van der Waals surface area contributed by atoms with E-state index in [1.165, 1.54) is 5.56 Å². The highest BCUT2D eigenvalue weighted by Crippen LogP contribution is 2.31. The van der Waals surface area contributed by atoms with Crippen molar-refractivity contribution in [2.24, 2.45) is 0 Å². The largest absolute Gasteiger partial charge is 0.507 e. The first kappa shape index (κ1) is 12.4. The summed E-state index contributed by atoms with van der Waals surface area (Å²) in [6.07, 6.45) is 0. The molecule has 0 fully saturated rings. The number of hydrogen-bond acceptors (Lipinski definition) is 4. The molecule has 0 aliphatic heterocycles. The van der Waals surface area contributed by atoms with Gasteiger partial charge in [0.1, 0.15) is 5.75 Å². The molecule has 0 aliphatic carbocycles. The Morgan fingerprint density at radius 1 is 1.00 bits per heavy atom. The van der Waals surface area contributed by atoms with Crippen molar-refractivity contribution in [1.82, 2.24) is 10.1 Å². The molecule has 0 radical (unpaired) electrons. The number of aromatic hydroxyl groups is 1. The third kappa shape index (κ3) is 2.16. The molecule has 1 aromatic heterocycles. The summed E-state index contributed by atoms with van der Waals surface area (Å²) in [5, 5.41) is 14.0. The monoisotopic (exact) mass is 266 g/mol. The fraction of sp³-hybridized carbons (Fsp3) is 0.125. The lowest BCUT2D eigenvalue weighted by molar-refractivity contribution is 0.425. The lowest BCUT2D eigenvalue weighted by atomic mass is 10.1. The van der Waals surface area contributed by atoms with Crippen LogP contribution in [0.15, 0.2) is 47.0 Å². The highest BCUT2D eigenvalue weighted by molar-refractivity contribution is 5.66. The molecule has 1 heterocycles. The number of rotatable bonds is 2. The minimum atomic E-state index is 0.173. The molecule has 0 atom stereocenters. The van der Waals surface area contributed by atoms with E-state index >= 15 is 0 Å². The Hall–Kier alpha value is -2.62. The SMILES string of the molecule is Cc1ccc(-c2noc(-c3cccc(C)c3O)n2)cc1. The Labute approximate surface area is 116 Å². The first-order valence-electron chi connectivity index (χ1n) is 6.35. The quantitative estimate of drug-likeness (QED) is 0.767. The van der Waals surface area contributed by atoms with Gasteiger partial charge < -0.3 is 9.63 Å². The normalized spacial score (nSPS) is 10.7. The van der Waals surface area contributed by atoms with Gasteiger partial charge in [0.2, 0.25) is 5.82 Å². The summed E-state index contributed by atoms with van der Waals surface area (Å²) in [4.78, 5) is 4.34. The van der Waals surface area contributed by atoms with Crippen molar-refractivity contribution in [2.45, 2.75) is 13.8 Å². The summed E-state index contributed by atoms with van der Waals surface area (Å²) in [7, 11) is 0. The van der Waals surface area contributed by atoms with E-state index in [0.717, 1.165) is 11.1 Å². The third-order valence-corrected chi connectivity index (χ3v) is 3.20. The molecule has 0 unspecified atom stereocenters. The highest BCUT2D eigenvalue weighted by atomic mass is 16.5. The van der Waals surface area contributed by atoms with Crippen molar-refractivity contribution in [1.29, 1.82) is 0 Å². The van der Waals surface area contributed by atoms with Crippen LogP contribution in [-0.2, 0) is 0 Å². The Kier molecular flexibility index (Phi) is 2.99. The Morgan fingerprint density at radius 3 is 2.50 bits per heavy atom. The molecule has 0 aliphatic rings. The van der Waals surface area contributed by atoms with Gasteiger partial charge in [-0.25, -0.2) is 0 Å². The van der Waals surface area contributed by atoms with Crippen LogP contribution in [-0.4, -0.2) is 15.2 Å². The minimum Gasteiger partial charge on any atom is -0.507 e. The second kappa shape index (κ2) is 4.81. The van der Waals surface area contributed by atoms with E-state index in [1.807, 2.05) is 50.2 Å². The standard InChI is InChI=1S/C16H14N2O2/c1-10-6-8-12(9-7-10)15-17-16(20-18-15)13-5-3-4-11(2)14(13)19/h3-9,19H,1-2H3. The zero-order valence-corrected chi connectivity index (χ0v) is 11.3. The van der Waals surface area contributed by atoms with Crippen molar-refractivity contribution in [2.75, 3.05) is 0 Å². The number of nitrogens with zero attached hydrogens (tertiary/aromatic N) is 2. The number of aryl methyl sites for hydroxylation is 2. The van der Waals surface area contributed by atoms with Gasteiger partial charge in [-0.1, -0.05) is 47.1 Å². The first-order chi connectivity index (χ1) is 9.65. The van der Waals surface area contributed by atoms with Crippen molar-refractivity contribution in [3.63, 3.8) is 0 Å². The predicted octanol–water partition coefficient (Wildman–Crippen LogP) is 3.73. The average molecular weight is 266 g/mol. The van der Waals surface area contributed by atoms with E-state index in [1.54, 1.807) is 6.07 Å². The second-order valence-corrected chi connectivity index (χ2v) is 4.76. The maximum Gasteiger partial charge on any atom is 0.262 e. The molecule has 1 N–H and O–H groups in total. The summed E-state index contributed by atoms with van der Waals surface area (Å²) in [6, 6.07) is 13.3. The molecule has 20 heavy (non-hydrogen) atoms. The zero-order chi connectivity index (χ0) is 14.1. The lowest BCUT2D eigenvalue weighted by Crippen LogP contribution is -1.83. The Balaban J connectivity index is 2.02. The van der Waals surface area contributed by atoms with Crippen LogP contribution in [0.1, 0.15) is 11.1 Å². The fourth-order valence-corrected chi connectivity index (χ4v) is 1.98.